The van der Waals surface area contributed by atoms with Crippen molar-refractivity contribution >= 4 is 22.8 Å². The van der Waals surface area contributed by atoms with Crippen molar-refractivity contribution in [3.8, 4) is 5.88 Å². The minimum Gasteiger partial charge on any atom is -0.480 e. The molecule has 11 heteroatoms. The van der Waals surface area contributed by atoms with Gasteiger partial charge in [0.1, 0.15) is 6.67 Å². The maximum absolute atomic E-state index is 12.3. The lowest BCUT2D eigenvalue weighted by Crippen LogP contribution is -2.43. The Kier molecular flexibility index (Phi) is 7.55. The van der Waals surface area contributed by atoms with Crippen LogP contribution in [0.25, 0.3) is 16.9 Å². The van der Waals surface area contributed by atoms with E-state index in [-0.39, 0.29) is 0 Å². The standard InChI is InChI=1S/C28H32N8O3/c1-5-36-22-17-21(19(2)31-27-30-18-35(34-27)15-16-38-3)25(39-4)32-24(22)33-26(36)28(37,20-11-7-6-8-12-20)23-13-9-10-14-29-23/h6-14,17,37H,2,5,15-16,18H2,1,3-4H3,(H2,30,31,34). The van der Waals surface area contributed by atoms with Gasteiger partial charge in [-0.05, 0) is 30.7 Å². The summed E-state index contributed by atoms with van der Waals surface area (Å²) in [4.78, 5) is 18.5. The van der Waals surface area contributed by atoms with E-state index in [1.54, 1.807) is 26.5 Å². The highest BCUT2D eigenvalue weighted by Gasteiger charge is 2.40. The number of pyridine rings is 2. The number of nitrogens with zero attached hydrogens (tertiary/aromatic N) is 6. The van der Waals surface area contributed by atoms with Gasteiger partial charge in [-0.1, -0.05) is 43.0 Å². The molecule has 3 aromatic heterocycles. The second-order valence-electron chi connectivity index (χ2n) is 8.98. The quantitative estimate of drug-likeness (QED) is 0.285. The Morgan fingerprint density at radius 3 is 2.64 bits per heavy atom. The van der Waals surface area contributed by atoms with Crippen LogP contribution in [-0.2, 0) is 16.9 Å². The second kappa shape index (κ2) is 11.2. The van der Waals surface area contributed by atoms with Crippen molar-refractivity contribution < 1.29 is 14.6 Å². The van der Waals surface area contributed by atoms with Crippen LogP contribution in [0.5, 0.6) is 5.88 Å². The number of aromatic nitrogens is 4. The van der Waals surface area contributed by atoms with Crippen molar-refractivity contribution in [1.82, 2.24) is 35.3 Å². The largest absolute Gasteiger partial charge is 0.480 e. The lowest BCUT2D eigenvalue weighted by molar-refractivity contribution is 0.107. The molecule has 0 bridgehead atoms. The Hall–Kier alpha value is -4.32. The van der Waals surface area contributed by atoms with Crippen LogP contribution in [0, 0.1) is 0 Å². The molecule has 202 valence electrons. The van der Waals surface area contributed by atoms with E-state index in [2.05, 4.69) is 27.3 Å². The maximum Gasteiger partial charge on any atom is 0.224 e. The Balaban J connectivity index is 1.57. The Labute approximate surface area is 226 Å². The summed E-state index contributed by atoms with van der Waals surface area (Å²) >= 11 is 0. The first-order chi connectivity index (χ1) is 19.0. The lowest BCUT2D eigenvalue weighted by Gasteiger charge is -2.28. The minimum absolute atomic E-state index is 0.350. The van der Waals surface area contributed by atoms with Gasteiger partial charge < -0.3 is 24.5 Å². The van der Waals surface area contributed by atoms with Crippen molar-refractivity contribution in [2.24, 2.45) is 4.99 Å². The van der Waals surface area contributed by atoms with E-state index in [1.807, 2.05) is 65.0 Å². The molecule has 0 radical (unpaired) electrons. The third-order valence-electron chi connectivity index (χ3n) is 6.59. The maximum atomic E-state index is 12.3. The summed E-state index contributed by atoms with van der Waals surface area (Å²) in [6, 6.07) is 16.8. The highest BCUT2D eigenvalue weighted by molar-refractivity contribution is 5.91. The van der Waals surface area contributed by atoms with E-state index in [1.165, 1.54) is 0 Å². The third-order valence-corrected chi connectivity index (χ3v) is 6.59. The minimum atomic E-state index is -1.62. The molecule has 4 aromatic rings. The molecule has 1 aliphatic heterocycles. The molecule has 0 fully saturated rings. The first-order valence-electron chi connectivity index (χ1n) is 12.7. The van der Waals surface area contributed by atoms with Crippen LogP contribution in [0.3, 0.4) is 0 Å². The van der Waals surface area contributed by atoms with Crippen molar-refractivity contribution in [2.45, 2.75) is 19.1 Å². The normalized spacial score (nSPS) is 15.0. The van der Waals surface area contributed by atoms with E-state index < -0.39 is 5.60 Å². The number of aryl methyl sites for hydroxylation is 1. The molecule has 11 nitrogen and oxygen atoms in total. The highest BCUT2D eigenvalue weighted by atomic mass is 16.5. The molecule has 1 unspecified atom stereocenters. The van der Waals surface area contributed by atoms with E-state index in [0.717, 1.165) is 5.52 Å². The zero-order chi connectivity index (χ0) is 27.4. The van der Waals surface area contributed by atoms with Gasteiger partial charge in [-0.25, -0.2) is 9.98 Å². The Morgan fingerprint density at radius 2 is 1.95 bits per heavy atom. The molecule has 39 heavy (non-hydrogen) atoms. The number of guanidine groups is 1. The third kappa shape index (κ3) is 4.94. The molecule has 5 rings (SSSR count). The summed E-state index contributed by atoms with van der Waals surface area (Å²) < 4.78 is 12.7. The van der Waals surface area contributed by atoms with Gasteiger partial charge >= 0.3 is 0 Å². The molecular weight excluding hydrogens is 496 g/mol. The van der Waals surface area contributed by atoms with Crippen LogP contribution in [0.4, 0.5) is 0 Å². The number of hydrazine groups is 1. The molecule has 1 atom stereocenters. The van der Waals surface area contributed by atoms with Crippen LogP contribution in [0.15, 0.2) is 72.4 Å². The number of ether oxygens (including phenoxy) is 2. The average molecular weight is 529 g/mol. The van der Waals surface area contributed by atoms with E-state index in [4.69, 9.17) is 19.4 Å². The summed E-state index contributed by atoms with van der Waals surface area (Å²) in [5.74, 6) is 1.32. The van der Waals surface area contributed by atoms with Crippen molar-refractivity contribution in [1.29, 1.82) is 0 Å². The Morgan fingerprint density at radius 1 is 1.15 bits per heavy atom. The number of benzene rings is 1. The monoisotopic (exact) mass is 528 g/mol. The van der Waals surface area contributed by atoms with E-state index in [0.29, 0.717) is 72.2 Å². The number of rotatable bonds is 10. The highest BCUT2D eigenvalue weighted by Crippen LogP contribution is 2.37. The summed E-state index contributed by atoms with van der Waals surface area (Å²) in [7, 11) is 3.21. The summed E-state index contributed by atoms with van der Waals surface area (Å²) in [5.41, 5.74) is 5.05. The van der Waals surface area contributed by atoms with Gasteiger partial charge in [0.15, 0.2) is 17.1 Å². The molecule has 4 heterocycles. The number of fused-ring (bicyclic) bond motifs is 1. The molecule has 1 aliphatic rings. The molecular formula is C28H32N8O3. The number of aliphatic hydroxyl groups is 1. The van der Waals surface area contributed by atoms with Gasteiger partial charge in [0.2, 0.25) is 11.8 Å². The van der Waals surface area contributed by atoms with Crippen LogP contribution >= 0.6 is 0 Å². The predicted octanol–water partition coefficient (Wildman–Crippen LogP) is 2.48. The van der Waals surface area contributed by atoms with Gasteiger partial charge in [-0.15, -0.1) is 0 Å². The van der Waals surface area contributed by atoms with Gasteiger partial charge in [0.05, 0.1) is 30.5 Å². The predicted molar refractivity (Wildman–Crippen MR) is 149 cm³/mol. The van der Waals surface area contributed by atoms with Gasteiger partial charge in [0, 0.05) is 32.1 Å². The topological polar surface area (TPSA) is 122 Å². The fraction of sp³-hybridized carbons (Fsp3) is 0.286. The van der Waals surface area contributed by atoms with E-state index >= 15 is 0 Å². The first kappa shape index (κ1) is 26.3. The van der Waals surface area contributed by atoms with Crippen molar-refractivity contribution in [3.05, 3.63) is 90.0 Å². The average Bonchev–Trinajstić information content (AvgIpc) is 3.59. The summed E-state index contributed by atoms with van der Waals surface area (Å²) in [6.07, 6.45) is 1.66. The van der Waals surface area contributed by atoms with Crippen molar-refractivity contribution in [3.63, 3.8) is 0 Å². The first-order valence-corrected chi connectivity index (χ1v) is 12.7. The fourth-order valence-corrected chi connectivity index (χ4v) is 4.63. The SMILES string of the molecule is C=C(NC1=NCN(CCOC)N1)c1cc2c(nc1OC)nc(C(O)(c1ccccc1)c1ccccn1)n2CC. The van der Waals surface area contributed by atoms with Gasteiger partial charge in [-0.2, -0.15) is 9.99 Å². The number of methoxy groups -OCH3 is 2. The molecule has 3 N–H and O–H groups in total. The molecule has 1 aromatic carbocycles. The summed E-state index contributed by atoms with van der Waals surface area (Å²) in [6.45, 7) is 8.51. The number of hydrogen-bond donors (Lipinski definition) is 3. The van der Waals surface area contributed by atoms with Crippen molar-refractivity contribution in [2.75, 3.05) is 34.0 Å². The molecule has 0 spiro atoms. The fourth-order valence-electron chi connectivity index (χ4n) is 4.63. The smallest absolute Gasteiger partial charge is 0.224 e. The number of aliphatic imine (C=N–C) groups is 1. The molecule has 0 aliphatic carbocycles. The van der Waals surface area contributed by atoms with Crippen LogP contribution in [-0.4, -0.2) is 69.6 Å². The van der Waals surface area contributed by atoms with Crippen LogP contribution in [0.1, 0.15) is 29.6 Å². The van der Waals surface area contributed by atoms with Crippen LogP contribution < -0.4 is 15.5 Å². The lowest BCUT2D eigenvalue weighted by atomic mass is 9.89. The van der Waals surface area contributed by atoms with Gasteiger partial charge in [0.25, 0.3) is 0 Å². The zero-order valence-corrected chi connectivity index (χ0v) is 22.3. The van der Waals surface area contributed by atoms with Crippen LogP contribution in [0.2, 0.25) is 0 Å². The molecule has 0 saturated carbocycles. The Bertz CT molecular complexity index is 1450. The van der Waals surface area contributed by atoms with Gasteiger partial charge in [-0.3, -0.25) is 10.4 Å². The molecule has 0 saturated heterocycles. The second-order valence-corrected chi connectivity index (χ2v) is 8.98. The number of hydrogen-bond acceptors (Lipinski definition) is 10. The van der Waals surface area contributed by atoms with E-state index in [9.17, 15) is 5.11 Å². The summed E-state index contributed by atoms with van der Waals surface area (Å²) in [5, 5.41) is 17.5. The number of imidazole rings is 1. The molecule has 0 amide bonds. The number of nitrogens with one attached hydrogen (secondary N) is 2. The zero-order valence-electron chi connectivity index (χ0n) is 22.3.